The van der Waals surface area contributed by atoms with Crippen LogP contribution in [0, 0.1) is 0 Å². The Kier molecular flexibility index (Phi) is 4.39. The van der Waals surface area contributed by atoms with Crippen molar-refractivity contribution in [3.8, 4) is 0 Å². The molecule has 0 saturated carbocycles. The summed E-state index contributed by atoms with van der Waals surface area (Å²) < 4.78 is 1.46. The molecule has 1 unspecified atom stereocenters. The molecule has 0 aliphatic carbocycles. The van der Waals surface area contributed by atoms with Crippen molar-refractivity contribution in [2.45, 2.75) is 31.2 Å². The third-order valence-electron chi connectivity index (χ3n) is 5.29. The Morgan fingerprint density at radius 2 is 2.09 bits per heavy atom. The quantitative estimate of drug-likeness (QED) is 0.797. The number of carbonyl (C=O) groups is 1. The smallest absolute Gasteiger partial charge is 0.263 e. The van der Waals surface area contributed by atoms with Gasteiger partial charge in [-0.05, 0) is 44.4 Å². The van der Waals surface area contributed by atoms with Gasteiger partial charge in [-0.15, -0.1) is 6.58 Å². The lowest BCUT2D eigenvalue weighted by atomic mass is 9.86. The van der Waals surface area contributed by atoms with Crippen molar-refractivity contribution < 1.29 is 4.79 Å². The van der Waals surface area contributed by atoms with Crippen molar-refractivity contribution in [1.82, 2.24) is 14.4 Å². The van der Waals surface area contributed by atoms with Crippen LogP contribution in [0.4, 0.5) is 0 Å². The van der Waals surface area contributed by atoms with Gasteiger partial charge in [0.2, 0.25) is 0 Å². The number of aromatic nitrogens is 1. The largest absolute Gasteiger partial charge is 0.337 e. The first-order valence-corrected chi connectivity index (χ1v) is 8.38. The maximum Gasteiger partial charge on any atom is 0.263 e. The monoisotopic (exact) mass is 315 g/mol. The second kappa shape index (κ2) is 6.32. The number of hydrogen-bond acceptors (Lipinski definition) is 3. The summed E-state index contributed by atoms with van der Waals surface area (Å²) in [5, 5.41) is 0. The molecule has 1 aromatic rings. The standard InChI is InChI=1S/C18H25N3O2/c1-3-10-21-13-6-9-18(21)8-5-12-20(14-18)17(23)15-7-4-11-19(2)16(15)22/h3-4,7,11H,1,5-6,8-10,12-14H2,2H3. The highest BCUT2D eigenvalue weighted by Gasteiger charge is 2.44. The average molecular weight is 315 g/mol. The number of piperidine rings is 1. The number of likely N-dealkylation sites (tertiary alicyclic amines) is 2. The normalized spacial score (nSPS) is 25.0. The maximum absolute atomic E-state index is 12.9. The molecule has 0 bridgehead atoms. The first-order chi connectivity index (χ1) is 11.1. The number of amides is 1. The van der Waals surface area contributed by atoms with Crippen LogP contribution >= 0.6 is 0 Å². The summed E-state index contributed by atoms with van der Waals surface area (Å²) in [6.45, 7) is 7.26. The van der Waals surface area contributed by atoms with E-state index < -0.39 is 0 Å². The van der Waals surface area contributed by atoms with Crippen LogP contribution in [0.2, 0.25) is 0 Å². The van der Waals surface area contributed by atoms with Crippen LogP contribution in [-0.2, 0) is 7.05 Å². The molecule has 124 valence electrons. The second-order valence-corrected chi connectivity index (χ2v) is 6.73. The molecule has 1 aromatic heterocycles. The lowest BCUT2D eigenvalue weighted by Gasteiger charge is -2.45. The van der Waals surface area contributed by atoms with Crippen LogP contribution in [0.25, 0.3) is 0 Å². The summed E-state index contributed by atoms with van der Waals surface area (Å²) in [6, 6.07) is 3.40. The molecule has 3 rings (SSSR count). The summed E-state index contributed by atoms with van der Waals surface area (Å²) in [4.78, 5) is 29.4. The van der Waals surface area contributed by atoms with E-state index in [4.69, 9.17) is 0 Å². The van der Waals surface area contributed by atoms with E-state index in [1.165, 1.54) is 11.0 Å². The van der Waals surface area contributed by atoms with Gasteiger partial charge in [0.15, 0.2) is 0 Å². The zero-order chi connectivity index (χ0) is 16.4. The van der Waals surface area contributed by atoms with E-state index in [1.807, 2.05) is 11.0 Å². The van der Waals surface area contributed by atoms with Gasteiger partial charge in [0.25, 0.3) is 11.5 Å². The van der Waals surface area contributed by atoms with Crippen LogP contribution in [0.5, 0.6) is 0 Å². The fraction of sp³-hybridized carbons (Fsp3) is 0.556. The molecule has 0 N–H and O–H groups in total. The molecule has 0 radical (unpaired) electrons. The first kappa shape index (κ1) is 16.0. The van der Waals surface area contributed by atoms with E-state index in [0.29, 0.717) is 0 Å². The number of nitrogens with zero attached hydrogens (tertiary/aromatic N) is 3. The number of pyridine rings is 1. The topological polar surface area (TPSA) is 45.5 Å². The third-order valence-corrected chi connectivity index (χ3v) is 5.29. The number of carbonyl (C=O) groups excluding carboxylic acids is 1. The first-order valence-electron chi connectivity index (χ1n) is 8.38. The molecule has 1 amide bonds. The molecular formula is C18H25N3O2. The van der Waals surface area contributed by atoms with Crippen LogP contribution in [0.1, 0.15) is 36.0 Å². The minimum Gasteiger partial charge on any atom is -0.337 e. The van der Waals surface area contributed by atoms with Gasteiger partial charge < -0.3 is 9.47 Å². The second-order valence-electron chi connectivity index (χ2n) is 6.73. The Hall–Kier alpha value is -1.88. The van der Waals surface area contributed by atoms with Crippen LogP contribution < -0.4 is 5.56 Å². The highest BCUT2D eigenvalue weighted by molar-refractivity contribution is 5.94. The predicted molar refractivity (Wildman–Crippen MR) is 90.6 cm³/mol. The fourth-order valence-corrected chi connectivity index (χ4v) is 4.11. The molecule has 2 fully saturated rings. The van der Waals surface area contributed by atoms with Crippen LogP contribution in [-0.4, -0.2) is 52.0 Å². The van der Waals surface area contributed by atoms with E-state index in [2.05, 4.69) is 11.5 Å². The van der Waals surface area contributed by atoms with Gasteiger partial charge in [0.05, 0.1) is 0 Å². The highest BCUT2D eigenvalue weighted by Crippen LogP contribution is 2.37. The zero-order valence-corrected chi connectivity index (χ0v) is 13.8. The number of rotatable bonds is 3. The Morgan fingerprint density at radius 1 is 1.35 bits per heavy atom. The lowest BCUT2D eigenvalue weighted by Crippen LogP contribution is -2.57. The predicted octanol–water partition coefficient (Wildman–Crippen LogP) is 1.64. The summed E-state index contributed by atoms with van der Waals surface area (Å²) in [6.07, 6.45) is 8.03. The third kappa shape index (κ3) is 2.85. The minimum absolute atomic E-state index is 0.0715. The van der Waals surface area contributed by atoms with Gasteiger partial charge in [-0.25, -0.2) is 0 Å². The molecule has 5 nitrogen and oxygen atoms in total. The molecule has 2 aliphatic heterocycles. The van der Waals surface area contributed by atoms with Gasteiger partial charge in [-0.1, -0.05) is 6.08 Å². The van der Waals surface area contributed by atoms with E-state index in [-0.39, 0.29) is 22.6 Å². The van der Waals surface area contributed by atoms with E-state index in [1.54, 1.807) is 25.4 Å². The van der Waals surface area contributed by atoms with Gasteiger partial charge in [-0.3, -0.25) is 14.5 Å². The van der Waals surface area contributed by atoms with Gasteiger partial charge in [0, 0.05) is 38.4 Å². The Bertz CT molecular complexity index is 666. The van der Waals surface area contributed by atoms with E-state index in [0.717, 1.165) is 45.4 Å². The van der Waals surface area contributed by atoms with Crippen molar-refractivity contribution in [1.29, 1.82) is 0 Å². The Labute approximate surface area is 137 Å². The molecule has 5 heteroatoms. The molecule has 1 spiro atoms. The van der Waals surface area contributed by atoms with Crippen LogP contribution in [0.3, 0.4) is 0 Å². The van der Waals surface area contributed by atoms with Gasteiger partial charge >= 0.3 is 0 Å². The average Bonchev–Trinajstić information content (AvgIpc) is 2.92. The number of hydrogen-bond donors (Lipinski definition) is 0. The van der Waals surface area contributed by atoms with Crippen molar-refractivity contribution in [3.63, 3.8) is 0 Å². The molecule has 1 atom stereocenters. The molecule has 23 heavy (non-hydrogen) atoms. The van der Waals surface area contributed by atoms with Gasteiger partial charge in [0.1, 0.15) is 5.56 Å². The maximum atomic E-state index is 12.9. The fourth-order valence-electron chi connectivity index (χ4n) is 4.11. The summed E-state index contributed by atoms with van der Waals surface area (Å²) in [5.41, 5.74) is 0.133. The molecular weight excluding hydrogens is 290 g/mol. The highest BCUT2D eigenvalue weighted by atomic mass is 16.2. The van der Waals surface area contributed by atoms with E-state index >= 15 is 0 Å². The van der Waals surface area contributed by atoms with Crippen molar-refractivity contribution >= 4 is 5.91 Å². The number of aryl methyl sites for hydroxylation is 1. The SMILES string of the molecule is C=CCN1CCCC12CCCN(C(=O)c1cccn(C)c1=O)C2. The molecule has 2 saturated heterocycles. The molecule has 2 aliphatic rings. The van der Waals surface area contributed by atoms with Crippen molar-refractivity contribution in [2.75, 3.05) is 26.2 Å². The molecule has 3 heterocycles. The summed E-state index contributed by atoms with van der Waals surface area (Å²) >= 11 is 0. The summed E-state index contributed by atoms with van der Waals surface area (Å²) in [7, 11) is 1.68. The van der Waals surface area contributed by atoms with Crippen LogP contribution in [0.15, 0.2) is 35.8 Å². The Balaban J connectivity index is 1.83. The van der Waals surface area contributed by atoms with Crippen molar-refractivity contribution in [3.05, 3.63) is 46.9 Å². The Morgan fingerprint density at radius 3 is 2.83 bits per heavy atom. The molecule has 0 aromatic carbocycles. The van der Waals surface area contributed by atoms with Crippen molar-refractivity contribution in [2.24, 2.45) is 7.05 Å². The lowest BCUT2D eigenvalue weighted by molar-refractivity contribution is 0.0365. The minimum atomic E-state index is -0.216. The van der Waals surface area contributed by atoms with E-state index in [9.17, 15) is 9.59 Å². The van der Waals surface area contributed by atoms with Gasteiger partial charge in [-0.2, -0.15) is 0 Å². The zero-order valence-electron chi connectivity index (χ0n) is 13.8. The summed E-state index contributed by atoms with van der Waals surface area (Å²) in [5.74, 6) is -0.129.